The van der Waals surface area contributed by atoms with Gasteiger partial charge in [-0.2, -0.15) is 0 Å². The number of aryl methyl sites for hydroxylation is 2. The van der Waals surface area contributed by atoms with E-state index in [9.17, 15) is 9.59 Å². The Morgan fingerprint density at radius 1 is 1.11 bits per heavy atom. The Morgan fingerprint density at radius 3 is 2.54 bits per heavy atom. The smallest absolute Gasteiger partial charge is 0.234 e. The average molecular weight is 394 g/mol. The van der Waals surface area contributed by atoms with E-state index >= 15 is 0 Å². The standard InChI is InChI=1S/C22H23N3O2S/c1-4-21(27)25-19(17-8-6-5-7-9-17)13-23-22(25)28-14-20(26)24-18-11-10-15(2)12-16(18)3/h5-13H,4,14H2,1-3H3,(H,24,26). The van der Waals surface area contributed by atoms with E-state index in [1.807, 2.05) is 69.3 Å². The summed E-state index contributed by atoms with van der Waals surface area (Å²) in [6.45, 7) is 5.80. The summed E-state index contributed by atoms with van der Waals surface area (Å²) in [6.07, 6.45) is 2.05. The number of amides is 1. The molecule has 3 aromatic rings. The Bertz CT molecular complexity index is 996. The van der Waals surface area contributed by atoms with Crippen LogP contribution in [0.3, 0.4) is 0 Å². The van der Waals surface area contributed by atoms with E-state index in [1.165, 1.54) is 11.8 Å². The summed E-state index contributed by atoms with van der Waals surface area (Å²) in [5.74, 6) is 0.000544. The molecule has 0 unspecified atom stereocenters. The zero-order chi connectivity index (χ0) is 20.1. The fraction of sp³-hybridized carbons (Fsp3) is 0.227. The second-order valence-corrected chi connectivity index (χ2v) is 7.47. The molecule has 5 nitrogen and oxygen atoms in total. The van der Waals surface area contributed by atoms with Crippen molar-refractivity contribution < 1.29 is 9.59 Å². The van der Waals surface area contributed by atoms with E-state index in [-0.39, 0.29) is 17.6 Å². The third-order valence-corrected chi connectivity index (χ3v) is 5.29. The minimum absolute atomic E-state index is 0.0476. The molecule has 0 saturated carbocycles. The topological polar surface area (TPSA) is 64.0 Å². The van der Waals surface area contributed by atoms with Gasteiger partial charge in [0.1, 0.15) is 0 Å². The van der Waals surface area contributed by atoms with Gasteiger partial charge in [-0.1, -0.05) is 66.7 Å². The molecule has 1 aromatic heterocycles. The molecule has 0 fully saturated rings. The quantitative estimate of drug-likeness (QED) is 0.602. The van der Waals surface area contributed by atoms with Crippen molar-refractivity contribution in [1.29, 1.82) is 0 Å². The lowest BCUT2D eigenvalue weighted by Gasteiger charge is -2.11. The second-order valence-electron chi connectivity index (χ2n) is 6.53. The molecule has 144 valence electrons. The van der Waals surface area contributed by atoms with E-state index < -0.39 is 0 Å². The molecule has 0 atom stereocenters. The summed E-state index contributed by atoms with van der Waals surface area (Å²) in [5, 5.41) is 3.46. The summed E-state index contributed by atoms with van der Waals surface area (Å²) in [7, 11) is 0. The first-order chi connectivity index (χ1) is 13.5. The molecule has 0 spiro atoms. The van der Waals surface area contributed by atoms with E-state index in [0.29, 0.717) is 11.6 Å². The molecule has 0 radical (unpaired) electrons. The number of anilines is 1. The number of hydrogen-bond donors (Lipinski definition) is 1. The van der Waals surface area contributed by atoms with Crippen LogP contribution in [-0.4, -0.2) is 27.1 Å². The van der Waals surface area contributed by atoms with Gasteiger partial charge in [-0.3, -0.25) is 14.2 Å². The number of rotatable bonds is 6. The fourth-order valence-corrected chi connectivity index (χ4v) is 3.71. The number of carbonyl (C=O) groups is 2. The maximum atomic E-state index is 12.5. The minimum atomic E-state index is -0.128. The first-order valence-corrected chi connectivity index (χ1v) is 10.1. The van der Waals surface area contributed by atoms with E-state index in [0.717, 1.165) is 28.1 Å². The first-order valence-electron chi connectivity index (χ1n) is 9.16. The normalized spacial score (nSPS) is 10.7. The molecule has 0 bridgehead atoms. The van der Waals surface area contributed by atoms with Crippen LogP contribution >= 0.6 is 11.8 Å². The third kappa shape index (κ3) is 4.51. The van der Waals surface area contributed by atoms with Gasteiger partial charge in [0, 0.05) is 17.7 Å². The van der Waals surface area contributed by atoms with Crippen molar-refractivity contribution in [3.8, 4) is 11.3 Å². The number of benzene rings is 2. The number of hydrogen-bond acceptors (Lipinski definition) is 4. The van der Waals surface area contributed by atoms with Crippen molar-refractivity contribution in [3.63, 3.8) is 0 Å². The van der Waals surface area contributed by atoms with Gasteiger partial charge in [0.15, 0.2) is 5.16 Å². The Hall–Kier alpha value is -2.86. The van der Waals surface area contributed by atoms with E-state index in [1.54, 1.807) is 10.8 Å². The summed E-state index contributed by atoms with van der Waals surface area (Å²) in [4.78, 5) is 29.3. The molecule has 0 aliphatic heterocycles. The Kier molecular flexibility index (Phi) is 6.31. The number of thioether (sulfide) groups is 1. The summed E-state index contributed by atoms with van der Waals surface area (Å²) in [6, 6.07) is 15.6. The number of imidazole rings is 1. The highest BCUT2D eigenvalue weighted by molar-refractivity contribution is 7.99. The van der Waals surface area contributed by atoms with Crippen LogP contribution in [0.5, 0.6) is 0 Å². The third-order valence-electron chi connectivity index (χ3n) is 4.34. The van der Waals surface area contributed by atoms with Gasteiger partial charge < -0.3 is 5.32 Å². The minimum Gasteiger partial charge on any atom is -0.325 e. The van der Waals surface area contributed by atoms with Gasteiger partial charge >= 0.3 is 0 Å². The van der Waals surface area contributed by atoms with Gasteiger partial charge in [-0.15, -0.1) is 0 Å². The molecular formula is C22H23N3O2S. The second kappa shape index (κ2) is 8.89. The molecule has 2 aromatic carbocycles. The Labute approximate surface area is 169 Å². The highest BCUT2D eigenvalue weighted by atomic mass is 32.2. The molecule has 3 rings (SSSR count). The van der Waals surface area contributed by atoms with Gasteiger partial charge in [-0.05, 0) is 25.5 Å². The fourth-order valence-electron chi connectivity index (χ4n) is 2.92. The highest BCUT2D eigenvalue weighted by Gasteiger charge is 2.18. The highest BCUT2D eigenvalue weighted by Crippen LogP contribution is 2.27. The maximum Gasteiger partial charge on any atom is 0.234 e. The van der Waals surface area contributed by atoms with Crippen molar-refractivity contribution in [2.75, 3.05) is 11.1 Å². The monoisotopic (exact) mass is 393 g/mol. The lowest BCUT2D eigenvalue weighted by Crippen LogP contribution is -2.17. The van der Waals surface area contributed by atoms with Gasteiger partial charge in [0.2, 0.25) is 11.8 Å². The molecule has 0 saturated heterocycles. The van der Waals surface area contributed by atoms with E-state index in [4.69, 9.17) is 0 Å². The van der Waals surface area contributed by atoms with Crippen molar-refractivity contribution >= 4 is 29.3 Å². The molecular weight excluding hydrogens is 370 g/mol. The summed E-state index contributed by atoms with van der Waals surface area (Å²) >= 11 is 1.26. The van der Waals surface area contributed by atoms with Crippen LogP contribution in [0.2, 0.25) is 0 Å². The number of nitrogens with one attached hydrogen (secondary N) is 1. The van der Waals surface area contributed by atoms with Crippen LogP contribution in [-0.2, 0) is 4.79 Å². The summed E-state index contributed by atoms with van der Waals surface area (Å²) < 4.78 is 1.60. The lowest BCUT2D eigenvalue weighted by atomic mass is 10.1. The molecule has 0 aliphatic rings. The Morgan fingerprint density at radius 2 is 1.86 bits per heavy atom. The van der Waals surface area contributed by atoms with Crippen LogP contribution in [0.4, 0.5) is 5.69 Å². The number of carbonyl (C=O) groups excluding carboxylic acids is 2. The van der Waals surface area contributed by atoms with Crippen LogP contribution in [0.15, 0.2) is 59.9 Å². The van der Waals surface area contributed by atoms with Crippen molar-refractivity contribution in [2.24, 2.45) is 0 Å². The molecule has 6 heteroatoms. The first kappa shape index (κ1) is 19.9. The number of nitrogens with zero attached hydrogens (tertiary/aromatic N) is 2. The van der Waals surface area contributed by atoms with Gasteiger partial charge in [0.05, 0.1) is 17.6 Å². The maximum absolute atomic E-state index is 12.5. The zero-order valence-corrected chi connectivity index (χ0v) is 17.0. The number of aromatic nitrogens is 2. The van der Waals surface area contributed by atoms with Crippen LogP contribution in [0, 0.1) is 13.8 Å². The lowest BCUT2D eigenvalue weighted by molar-refractivity contribution is -0.113. The molecule has 28 heavy (non-hydrogen) atoms. The molecule has 1 amide bonds. The largest absolute Gasteiger partial charge is 0.325 e. The zero-order valence-electron chi connectivity index (χ0n) is 16.2. The van der Waals surface area contributed by atoms with Crippen molar-refractivity contribution in [1.82, 2.24) is 9.55 Å². The van der Waals surface area contributed by atoms with Crippen LogP contribution in [0.25, 0.3) is 11.3 Å². The molecule has 1 N–H and O–H groups in total. The van der Waals surface area contributed by atoms with E-state index in [2.05, 4.69) is 10.3 Å². The summed E-state index contributed by atoms with van der Waals surface area (Å²) in [5.41, 5.74) is 4.63. The average Bonchev–Trinajstić information content (AvgIpc) is 3.12. The molecule has 0 aliphatic carbocycles. The van der Waals surface area contributed by atoms with Gasteiger partial charge in [0.25, 0.3) is 0 Å². The molecule has 1 heterocycles. The Balaban J connectivity index is 1.76. The van der Waals surface area contributed by atoms with Crippen molar-refractivity contribution in [2.45, 2.75) is 32.3 Å². The van der Waals surface area contributed by atoms with Crippen molar-refractivity contribution in [3.05, 3.63) is 65.9 Å². The van der Waals surface area contributed by atoms with Crippen LogP contribution < -0.4 is 5.32 Å². The SMILES string of the molecule is CCC(=O)n1c(-c2ccccc2)cnc1SCC(=O)Nc1ccc(C)cc1C. The predicted molar refractivity (Wildman–Crippen MR) is 114 cm³/mol. The van der Waals surface area contributed by atoms with Crippen LogP contribution in [0.1, 0.15) is 29.3 Å². The van der Waals surface area contributed by atoms with Gasteiger partial charge in [-0.25, -0.2) is 4.98 Å². The predicted octanol–water partition coefficient (Wildman–Crippen LogP) is 4.95.